The molecule has 13 nitrogen and oxygen atoms in total. The number of thiazole rings is 1. The van der Waals surface area contributed by atoms with Crippen LogP contribution in [0.25, 0.3) is 10.4 Å². The summed E-state index contributed by atoms with van der Waals surface area (Å²) in [4.78, 5) is 59.4. The summed E-state index contributed by atoms with van der Waals surface area (Å²) < 4.78 is 24.4. The number of imidazole rings is 1. The minimum atomic E-state index is -4.36. The lowest BCUT2D eigenvalue weighted by atomic mass is 9.88. The van der Waals surface area contributed by atoms with Crippen molar-refractivity contribution in [1.82, 2.24) is 24.5 Å². The Balaban J connectivity index is 1.51. The van der Waals surface area contributed by atoms with Crippen molar-refractivity contribution in [2.24, 2.45) is 11.1 Å². The zero-order chi connectivity index (χ0) is 29.9. The van der Waals surface area contributed by atoms with Gasteiger partial charge in [-0.05, 0) is 18.1 Å². The van der Waals surface area contributed by atoms with Crippen LogP contribution >= 0.6 is 19.1 Å². The van der Waals surface area contributed by atoms with Crippen LogP contribution in [-0.4, -0.2) is 66.8 Å². The summed E-state index contributed by atoms with van der Waals surface area (Å²) in [7, 11) is -4.36. The van der Waals surface area contributed by atoms with E-state index >= 15 is 0 Å². The predicted octanol–water partition coefficient (Wildman–Crippen LogP) is 3.08. The summed E-state index contributed by atoms with van der Waals surface area (Å²) in [6.07, 6.45) is 0.279. The summed E-state index contributed by atoms with van der Waals surface area (Å²) in [6, 6.07) is 6.61. The highest BCUT2D eigenvalue weighted by molar-refractivity contribution is 7.51. The highest BCUT2D eigenvalue weighted by Crippen LogP contribution is 2.46. The smallest absolute Gasteiger partial charge is 0.436 e. The van der Waals surface area contributed by atoms with Gasteiger partial charge in [0.2, 0.25) is 5.91 Å². The SMILES string of the molecule is Cc1ncsc1-c1ccc(CNC(=O)[C@@H]2C[C@@H](OP(=O)(O)n3ccnc3)CN2C(=O)[C@@H](OC(N)=O)C(C)(C)C)cc1. The van der Waals surface area contributed by atoms with Gasteiger partial charge in [-0.1, -0.05) is 45.0 Å². The Labute approximate surface area is 241 Å². The average molecular weight is 605 g/mol. The predicted molar refractivity (Wildman–Crippen MR) is 150 cm³/mol. The number of carbonyl (C=O) groups is 3. The third-order valence-electron chi connectivity index (χ3n) is 6.59. The van der Waals surface area contributed by atoms with Crippen LogP contribution in [0.3, 0.4) is 0 Å². The number of rotatable bonds is 9. The Morgan fingerprint density at radius 2 is 1.98 bits per heavy atom. The maximum absolute atomic E-state index is 13.6. The molecule has 1 aromatic carbocycles. The number of hydrogen-bond donors (Lipinski definition) is 3. The number of aromatic nitrogens is 3. The standard InChI is InChI=1S/C26H33N6O7PS/c1-16-21(41-15-30-16)18-7-5-17(6-8-18)12-29-23(33)20-11-19(39-40(36,37)31-10-9-28-14-31)13-32(20)24(34)22(26(2,3)4)38-25(27)35/h5-10,14-15,19-20,22H,11-13H2,1-4H3,(H2,27,35)(H,29,33)(H,36,37)/t19-,20+,22-/m1/s1. The van der Waals surface area contributed by atoms with E-state index in [-0.39, 0.29) is 19.5 Å². The Hall–Kier alpha value is -3.58. The molecule has 0 spiro atoms. The molecule has 0 aliphatic carbocycles. The molecule has 4 atom stereocenters. The zero-order valence-electron chi connectivity index (χ0n) is 23.1. The van der Waals surface area contributed by atoms with E-state index in [1.165, 1.54) is 17.3 Å². The van der Waals surface area contributed by atoms with Crippen molar-refractivity contribution in [3.63, 3.8) is 0 Å². The van der Waals surface area contributed by atoms with Gasteiger partial charge in [-0.15, -0.1) is 11.3 Å². The van der Waals surface area contributed by atoms with Crippen LogP contribution in [0.4, 0.5) is 4.79 Å². The van der Waals surface area contributed by atoms with Crippen molar-refractivity contribution < 1.29 is 33.1 Å². The van der Waals surface area contributed by atoms with Gasteiger partial charge in [0.15, 0.2) is 6.10 Å². The second kappa shape index (κ2) is 12.1. The summed E-state index contributed by atoms with van der Waals surface area (Å²) in [5, 5.41) is 2.84. The fourth-order valence-corrected chi connectivity index (χ4v) is 6.42. The van der Waals surface area contributed by atoms with Crippen molar-refractivity contribution in [3.05, 3.63) is 59.8 Å². The number of ether oxygens (including phenoxy) is 1. The van der Waals surface area contributed by atoms with Crippen LogP contribution < -0.4 is 11.1 Å². The molecule has 1 saturated heterocycles. The fourth-order valence-electron chi connectivity index (χ4n) is 4.54. The molecule has 2 aromatic heterocycles. The molecule has 4 N–H and O–H groups in total. The highest BCUT2D eigenvalue weighted by Gasteiger charge is 2.47. The lowest BCUT2D eigenvalue weighted by Gasteiger charge is -2.33. The third kappa shape index (κ3) is 7.20. The zero-order valence-corrected chi connectivity index (χ0v) is 24.8. The van der Waals surface area contributed by atoms with Gasteiger partial charge in [0, 0.05) is 37.3 Å². The quantitative estimate of drug-likeness (QED) is 0.310. The molecule has 15 heteroatoms. The molecule has 1 aliphatic rings. The van der Waals surface area contributed by atoms with E-state index in [1.807, 2.05) is 31.2 Å². The van der Waals surface area contributed by atoms with E-state index in [2.05, 4.69) is 15.3 Å². The van der Waals surface area contributed by atoms with Crippen LogP contribution in [0.5, 0.6) is 0 Å². The Morgan fingerprint density at radius 1 is 1.27 bits per heavy atom. The van der Waals surface area contributed by atoms with Crippen molar-refractivity contribution in [2.75, 3.05) is 6.54 Å². The minimum absolute atomic E-state index is 0.0617. The van der Waals surface area contributed by atoms with E-state index in [9.17, 15) is 23.8 Å². The average Bonchev–Trinajstić information content (AvgIpc) is 3.66. The van der Waals surface area contributed by atoms with Gasteiger partial charge >= 0.3 is 13.8 Å². The third-order valence-corrected chi connectivity index (χ3v) is 8.96. The van der Waals surface area contributed by atoms with Gasteiger partial charge in [0.1, 0.15) is 12.4 Å². The van der Waals surface area contributed by atoms with E-state index in [1.54, 1.807) is 37.6 Å². The molecule has 1 aliphatic heterocycles. The van der Waals surface area contributed by atoms with Crippen LogP contribution in [0.2, 0.25) is 0 Å². The van der Waals surface area contributed by atoms with Crippen LogP contribution in [-0.2, 0) is 30.0 Å². The fraction of sp³-hybridized carbons (Fsp3) is 0.423. The van der Waals surface area contributed by atoms with Gasteiger partial charge < -0.3 is 25.6 Å². The number of hydrogen-bond acceptors (Lipinski definition) is 9. The van der Waals surface area contributed by atoms with E-state index in [4.69, 9.17) is 15.0 Å². The Morgan fingerprint density at radius 3 is 2.54 bits per heavy atom. The Kier molecular flexibility index (Phi) is 8.97. The Bertz CT molecular complexity index is 1440. The maximum Gasteiger partial charge on any atom is 0.437 e. The minimum Gasteiger partial charge on any atom is -0.436 e. The summed E-state index contributed by atoms with van der Waals surface area (Å²) in [6.45, 7) is 7.00. The van der Waals surface area contributed by atoms with E-state index < -0.39 is 49.3 Å². The molecule has 3 amide bonds. The number of likely N-dealkylation sites (tertiary alicyclic amines) is 1. The number of nitrogens with one attached hydrogen (secondary N) is 1. The van der Waals surface area contributed by atoms with Crippen molar-refractivity contribution in [2.45, 2.75) is 58.9 Å². The lowest BCUT2D eigenvalue weighted by Crippen LogP contribution is -2.53. The van der Waals surface area contributed by atoms with Gasteiger partial charge in [-0.25, -0.2) is 23.7 Å². The highest BCUT2D eigenvalue weighted by atomic mass is 32.1. The number of carbonyl (C=O) groups excluding carboxylic acids is 3. The first-order valence-electron chi connectivity index (χ1n) is 12.8. The molecule has 0 bridgehead atoms. The van der Waals surface area contributed by atoms with Crippen LogP contribution in [0.15, 0.2) is 48.5 Å². The molecular weight excluding hydrogens is 571 g/mol. The number of nitrogens with two attached hydrogens (primary N) is 1. The number of aryl methyl sites for hydroxylation is 1. The van der Waals surface area contributed by atoms with Crippen LogP contribution in [0.1, 0.15) is 38.4 Å². The van der Waals surface area contributed by atoms with Gasteiger partial charge in [0.25, 0.3) is 5.91 Å². The molecule has 41 heavy (non-hydrogen) atoms. The largest absolute Gasteiger partial charge is 0.437 e. The van der Waals surface area contributed by atoms with Gasteiger partial charge in [0.05, 0.1) is 22.2 Å². The molecule has 0 radical (unpaired) electrons. The van der Waals surface area contributed by atoms with Crippen LogP contribution in [0, 0.1) is 12.3 Å². The molecule has 1 fully saturated rings. The molecule has 0 saturated carbocycles. The molecule has 220 valence electrons. The first-order chi connectivity index (χ1) is 19.3. The monoisotopic (exact) mass is 604 g/mol. The first-order valence-corrected chi connectivity index (χ1v) is 15.2. The number of benzene rings is 1. The topological polar surface area (TPSA) is 179 Å². The number of primary amides is 1. The first kappa shape index (κ1) is 30.4. The molecular formula is C26H33N6O7PS. The number of amides is 3. The van der Waals surface area contributed by atoms with E-state index in [0.29, 0.717) is 0 Å². The van der Waals surface area contributed by atoms with E-state index in [0.717, 1.165) is 32.4 Å². The molecule has 3 heterocycles. The summed E-state index contributed by atoms with van der Waals surface area (Å²) in [5.74, 6) is -1.16. The van der Waals surface area contributed by atoms with Crippen molar-refractivity contribution in [1.29, 1.82) is 0 Å². The lowest BCUT2D eigenvalue weighted by molar-refractivity contribution is -0.150. The molecule has 3 aromatic rings. The number of nitrogens with zero attached hydrogens (tertiary/aromatic N) is 4. The summed E-state index contributed by atoms with van der Waals surface area (Å²) >= 11 is 1.54. The van der Waals surface area contributed by atoms with Gasteiger partial charge in [-0.3, -0.25) is 14.1 Å². The molecule has 1 unspecified atom stereocenters. The molecule has 4 rings (SSSR count). The second-order valence-electron chi connectivity index (χ2n) is 10.8. The van der Waals surface area contributed by atoms with Gasteiger partial charge in [-0.2, -0.15) is 0 Å². The summed E-state index contributed by atoms with van der Waals surface area (Å²) in [5.41, 5.74) is 8.95. The maximum atomic E-state index is 13.6. The second-order valence-corrected chi connectivity index (χ2v) is 13.3. The van der Waals surface area contributed by atoms with Crippen molar-refractivity contribution >= 4 is 37.0 Å². The normalized spacial score (nSPS) is 19.4. The van der Waals surface area contributed by atoms with Crippen molar-refractivity contribution in [3.8, 4) is 10.4 Å².